The van der Waals surface area contributed by atoms with Gasteiger partial charge in [-0.05, 0) is 16.7 Å². The van der Waals surface area contributed by atoms with Crippen molar-refractivity contribution >= 4 is 19.1 Å². The van der Waals surface area contributed by atoms with Gasteiger partial charge in [0.05, 0.1) is 12.7 Å². The van der Waals surface area contributed by atoms with E-state index >= 15 is 0 Å². The van der Waals surface area contributed by atoms with Crippen molar-refractivity contribution in [1.29, 1.82) is 0 Å². The van der Waals surface area contributed by atoms with E-state index < -0.39 is 8.03 Å². The fourth-order valence-corrected chi connectivity index (χ4v) is 2.04. The molecule has 0 aliphatic heterocycles. The second-order valence-electron chi connectivity index (χ2n) is 3.48. The third-order valence-electron chi connectivity index (χ3n) is 2.06. The van der Waals surface area contributed by atoms with Crippen molar-refractivity contribution < 1.29 is 13.9 Å². The number of carbonyl (C=O) groups excluding carboxylic acids is 1. The second-order valence-corrected chi connectivity index (χ2v) is 4.84. The second kappa shape index (κ2) is 5.15. The average Bonchev–Trinajstić information content (AvgIpc) is 2.27. The van der Waals surface area contributed by atoms with Crippen LogP contribution in [-0.4, -0.2) is 12.9 Å². The van der Waals surface area contributed by atoms with Crippen LogP contribution in [0.5, 0.6) is 0 Å². The fraction of sp³-hybridized carbons (Fsp3) is 0.364. The zero-order chi connectivity index (χ0) is 11.4. The molecule has 0 aliphatic rings. The predicted octanol–water partition coefficient (Wildman–Crippen LogP) is 2.54. The summed E-state index contributed by atoms with van der Waals surface area (Å²) in [6.45, 7) is 3.64. The topological polar surface area (TPSA) is 43.4 Å². The maximum absolute atomic E-state index is 11.8. The molecule has 1 aromatic carbocycles. The summed E-state index contributed by atoms with van der Waals surface area (Å²) < 4.78 is 16.3. The van der Waals surface area contributed by atoms with Crippen molar-refractivity contribution in [2.75, 3.05) is 7.11 Å². The predicted molar refractivity (Wildman–Crippen MR) is 59.9 cm³/mol. The number of ketones is 1. The third kappa shape index (κ3) is 2.71. The summed E-state index contributed by atoms with van der Waals surface area (Å²) in [7, 11) is -0.552. The molecule has 0 amide bonds. The lowest BCUT2D eigenvalue weighted by Crippen LogP contribution is -2.16. The van der Waals surface area contributed by atoms with Crippen molar-refractivity contribution in [3.8, 4) is 0 Å². The Morgan fingerprint density at radius 2 is 1.93 bits per heavy atom. The molecule has 3 nitrogen and oxygen atoms in total. The standard InChI is InChI=1S/C11H14O3P/c1-8(2)11(12)9-6-4-5-7-10(9)15(13)14-3/h4-8H,1-3H3/q+1. The molecule has 0 fully saturated rings. The summed E-state index contributed by atoms with van der Waals surface area (Å²) in [5.74, 6) is -0.114. The van der Waals surface area contributed by atoms with Crippen LogP contribution in [0.4, 0.5) is 0 Å². The molecule has 0 heterocycles. The molecule has 1 unspecified atom stereocenters. The van der Waals surface area contributed by atoms with Crippen LogP contribution < -0.4 is 5.30 Å². The van der Waals surface area contributed by atoms with Crippen LogP contribution in [0.1, 0.15) is 24.2 Å². The Bertz CT molecular complexity index is 385. The maximum atomic E-state index is 11.8. The van der Waals surface area contributed by atoms with Crippen LogP contribution in [-0.2, 0) is 9.09 Å². The van der Waals surface area contributed by atoms with Gasteiger partial charge in [-0.1, -0.05) is 26.0 Å². The van der Waals surface area contributed by atoms with Crippen LogP contribution in [0, 0.1) is 5.92 Å². The molecule has 0 bridgehead atoms. The van der Waals surface area contributed by atoms with Gasteiger partial charge < -0.3 is 0 Å². The third-order valence-corrected chi connectivity index (χ3v) is 3.17. The fourth-order valence-electron chi connectivity index (χ4n) is 1.25. The number of carbonyl (C=O) groups is 1. The summed E-state index contributed by atoms with van der Waals surface area (Å²) in [6, 6.07) is 6.86. The van der Waals surface area contributed by atoms with Crippen LogP contribution in [0.15, 0.2) is 24.3 Å². The molecule has 0 N–H and O–H groups in total. The van der Waals surface area contributed by atoms with E-state index in [2.05, 4.69) is 0 Å². The lowest BCUT2D eigenvalue weighted by atomic mass is 10.0. The molecule has 4 heteroatoms. The molecule has 0 saturated heterocycles. The van der Waals surface area contributed by atoms with Gasteiger partial charge in [0.15, 0.2) is 5.78 Å². The number of Topliss-reactive ketones (excluding diaryl/α,β-unsaturated/α-hetero) is 1. The maximum Gasteiger partial charge on any atom is 0.549 e. The SMILES string of the molecule is CO[P+](=O)c1ccccc1C(=O)C(C)C. The minimum atomic E-state index is -1.92. The Balaban J connectivity index is 3.18. The van der Waals surface area contributed by atoms with E-state index in [0.29, 0.717) is 10.9 Å². The summed E-state index contributed by atoms with van der Waals surface area (Å²) in [4.78, 5) is 11.8. The minimum absolute atomic E-state index is 0.00833. The summed E-state index contributed by atoms with van der Waals surface area (Å²) >= 11 is 0. The molecule has 80 valence electrons. The van der Waals surface area contributed by atoms with Crippen LogP contribution >= 0.6 is 8.03 Å². The van der Waals surface area contributed by atoms with Crippen molar-refractivity contribution in [3.05, 3.63) is 29.8 Å². The lowest BCUT2D eigenvalue weighted by Gasteiger charge is -2.03. The average molecular weight is 225 g/mol. The molecule has 0 aromatic heterocycles. The summed E-state index contributed by atoms with van der Waals surface area (Å²) in [5.41, 5.74) is 0.496. The first-order valence-electron chi connectivity index (χ1n) is 4.72. The van der Waals surface area contributed by atoms with E-state index in [-0.39, 0.29) is 11.7 Å². The molecule has 1 atom stereocenters. The van der Waals surface area contributed by atoms with Crippen LogP contribution in [0.3, 0.4) is 0 Å². The number of benzene rings is 1. The van der Waals surface area contributed by atoms with E-state index in [0.717, 1.165) is 0 Å². The Labute approximate surface area is 90.3 Å². The van der Waals surface area contributed by atoms with E-state index in [4.69, 9.17) is 4.52 Å². The van der Waals surface area contributed by atoms with Gasteiger partial charge in [0.1, 0.15) is 0 Å². The number of rotatable bonds is 4. The highest BCUT2D eigenvalue weighted by Gasteiger charge is 2.28. The number of hydrogen-bond acceptors (Lipinski definition) is 3. The lowest BCUT2D eigenvalue weighted by molar-refractivity contribution is 0.0940. The van der Waals surface area contributed by atoms with Gasteiger partial charge >= 0.3 is 8.03 Å². The zero-order valence-corrected chi connectivity index (χ0v) is 9.95. The zero-order valence-electron chi connectivity index (χ0n) is 9.06. The van der Waals surface area contributed by atoms with Gasteiger partial charge in [-0.25, -0.2) is 0 Å². The molecule has 0 aliphatic carbocycles. The van der Waals surface area contributed by atoms with Gasteiger partial charge in [0, 0.05) is 5.92 Å². The number of hydrogen-bond donors (Lipinski definition) is 0. The largest absolute Gasteiger partial charge is 0.549 e. The van der Waals surface area contributed by atoms with E-state index in [9.17, 15) is 9.36 Å². The molecule has 1 rings (SSSR count). The highest BCUT2D eigenvalue weighted by Crippen LogP contribution is 2.23. The Morgan fingerprint density at radius 1 is 1.33 bits per heavy atom. The first-order valence-corrected chi connectivity index (χ1v) is 5.90. The quantitative estimate of drug-likeness (QED) is 0.584. The van der Waals surface area contributed by atoms with Crippen molar-refractivity contribution in [2.24, 2.45) is 5.92 Å². The highest BCUT2D eigenvalue weighted by atomic mass is 31.1. The highest BCUT2D eigenvalue weighted by molar-refractivity contribution is 7.48. The first kappa shape index (κ1) is 12.0. The van der Waals surface area contributed by atoms with Crippen molar-refractivity contribution in [2.45, 2.75) is 13.8 Å². The summed E-state index contributed by atoms with van der Waals surface area (Å²) in [5, 5.41) is 0.480. The van der Waals surface area contributed by atoms with E-state index in [1.165, 1.54) is 7.11 Å². The van der Waals surface area contributed by atoms with Gasteiger partial charge in [0.2, 0.25) is 5.30 Å². The molecule has 0 spiro atoms. The molecule has 0 saturated carbocycles. The minimum Gasteiger partial charge on any atom is -0.294 e. The van der Waals surface area contributed by atoms with E-state index in [1.54, 1.807) is 24.3 Å². The smallest absolute Gasteiger partial charge is 0.294 e. The first-order chi connectivity index (χ1) is 7.07. The molecule has 1 aromatic rings. The molecule has 15 heavy (non-hydrogen) atoms. The molecular formula is C11H14O3P+. The van der Waals surface area contributed by atoms with E-state index in [1.807, 2.05) is 13.8 Å². The van der Waals surface area contributed by atoms with Gasteiger partial charge in [0.25, 0.3) is 0 Å². The van der Waals surface area contributed by atoms with Crippen LogP contribution in [0.25, 0.3) is 0 Å². The monoisotopic (exact) mass is 225 g/mol. The molecular weight excluding hydrogens is 211 g/mol. The Hall–Kier alpha value is -1.05. The van der Waals surface area contributed by atoms with Gasteiger partial charge in [-0.15, -0.1) is 4.52 Å². The Kier molecular flexibility index (Phi) is 4.13. The van der Waals surface area contributed by atoms with Gasteiger partial charge in [-0.3, -0.25) is 4.79 Å². The van der Waals surface area contributed by atoms with Crippen molar-refractivity contribution in [3.63, 3.8) is 0 Å². The van der Waals surface area contributed by atoms with Crippen LogP contribution in [0.2, 0.25) is 0 Å². The normalized spacial score (nSPS) is 11.6. The summed E-state index contributed by atoms with van der Waals surface area (Å²) in [6.07, 6.45) is 0. The molecule has 0 radical (unpaired) electrons. The Morgan fingerprint density at radius 3 is 2.47 bits per heavy atom. The van der Waals surface area contributed by atoms with Gasteiger partial charge in [-0.2, -0.15) is 0 Å². The van der Waals surface area contributed by atoms with Crippen molar-refractivity contribution in [1.82, 2.24) is 0 Å².